The Bertz CT molecular complexity index is 2620. The molecule has 1 aromatic heterocycles. The second kappa shape index (κ2) is 28.9. The molecule has 0 saturated carbocycles. The van der Waals surface area contributed by atoms with Crippen LogP contribution in [0.1, 0.15) is 70.9 Å². The molecule has 25 heteroatoms. The van der Waals surface area contributed by atoms with Crippen LogP contribution in [0.4, 0.5) is 0 Å². The molecule has 1 saturated heterocycles. The van der Waals surface area contributed by atoms with E-state index in [1.165, 1.54) is 38.2 Å². The number of benzene rings is 2. The molecule has 0 aliphatic carbocycles. The summed E-state index contributed by atoms with van der Waals surface area (Å²) in [7, 11) is 0. The summed E-state index contributed by atoms with van der Waals surface area (Å²) in [5.74, 6) is -6.91. The van der Waals surface area contributed by atoms with Crippen molar-refractivity contribution in [2.45, 2.75) is 133 Å². The summed E-state index contributed by atoms with van der Waals surface area (Å²) in [6.45, 7) is 5.49. The second-order valence-electron chi connectivity index (χ2n) is 19.1. The molecule has 5 rings (SSSR count). The van der Waals surface area contributed by atoms with E-state index in [4.69, 9.17) is 5.73 Å². The first-order chi connectivity index (χ1) is 36.2. The van der Waals surface area contributed by atoms with Crippen molar-refractivity contribution in [3.8, 4) is 0 Å². The molecule has 13 N–H and O–H groups in total. The predicted octanol–water partition coefficient (Wildman–Crippen LogP) is -1.70. The predicted molar refractivity (Wildman–Crippen MR) is 284 cm³/mol. The number of carbonyl (C=O) groups excluding carboxylic acids is 10. The van der Waals surface area contributed by atoms with Gasteiger partial charge in [0.15, 0.2) is 0 Å². The number of hydrogen-bond acceptors (Lipinski definition) is 14. The van der Waals surface area contributed by atoms with Gasteiger partial charge in [0.25, 0.3) is 0 Å². The van der Waals surface area contributed by atoms with Crippen molar-refractivity contribution < 1.29 is 53.1 Å². The van der Waals surface area contributed by atoms with Gasteiger partial charge in [-0.3, -0.25) is 52.9 Å². The normalized spacial score (nSPS) is 17.9. The number of rotatable bonds is 29. The van der Waals surface area contributed by atoms with Crippen LogP contribution < -0.4 is 53.6 Å². The zero-order valence-corrected chi connectivity index (χ0v) is 43.9. The lowest BCUT2D eigenvalue weighted by Gasteiger charge is -2.27. The minimum Gasteiger partial charge on any atom is -0.391 e. The molecule has 10 amide bonds. The van der Waals surface area contributed by atoms with Crippen LogP contribution in [0.15, 0.2) is 70.8 Å². The zero-order chi connectivity index (χ0) is 55.5. The molecule has 3 aromatic rings. The van der Waals surface area contributed by atoms with E-state index < -0.39 is 120 Å². The SMILES string of the molecule is CSCCC(NC(=O)C(Cc1ccccc1)NC(=O)C(CC1C=NC=N1)NC(=O)CNC(=O)C(NC(=O)C(C)NC(=O)C(Cc1c[nH]c2ccccc12)NC(=O)C(CC(C)C)NC(=O)C1CCC(=O)N1)C(C)O)C(N)=O. The van der Waals surface area contributed by atoms with Gasteiger partial charge in [0.05, 0.1) is 18.7 Å². The van der Waals surface area contributed by atoms with Crippen molar-refractivity contribution in [3.63, 3.8) is 0 Å². The monoisotopic (exact) mass is 1070 g/mol. The van der Waals surface area contributed by atoms with E-state index in [0.29, 0.717) is 16.9 Å². The van der Waals surface area contributed by atoms with Gasteiger partial charge in [0.2, 0.25) is 59.1 Å². The van der Waals surface area contributed by atoms with E-state index >= 15 is 0 Å². The van der Waals surface area contributed by atoms with Crippen LogP contribution in [0.2, 0.25) is 0 Å². The highest BCUT2D eigenvalue weighted by Crippen LogP contribution is 2.20. The first kappa shape index (κ1) is 59.2. The number of amides is 10. The third-order valence-electron chi connectivity index (χ3n) is 12.5. The molecule has 2 aliphatic rings. The number of aromatic nitrogens is 1. The van der Waals surface area contributed by atoms with Gasteiger partial charge in [-0.2, -0.15) is 11.8 Å². The number of hydrogen-bond donors (Lipinski definition) is 12. The topological polar surface area (TPSA) is 366 Å². The number of nitrogens with one attached hydrogen (secondary N) is 10. The van der Waals surface area contributed by atoms with Crippen molar-refractivity contribution >= 4 is 94.3 Å². The Kier molecular flexibility index (Phi) is 22.5. The lowest BCUT2D eigenvalue weighted by Crippen LogP contribution is -2.60. The van der Waals surface area contributed by atoms with Gasteiger partial charge in [0, 0.05) is 49.0 Å². The Morgan fingerprint density at radius 1 is 0.750 bits per heavy atom. The molecule has 76 heavy (non-hydrogen) atoms. The Balaban J connectivity index is 1.24. The summed E-state index contributed by atoms with van der Waals surface area (Å²) in [6, 6.07) is 5.61. The molecule has 0 bridgehead atoms. The standard InChI is InChI=1S/C51H69N13O11S/c1-27(2)19-37(61-46(70)36-15-16-41(66)58-36)48(72)63-39(21-31-23-54-34-14-10-9-13-33(31)34)47(71)57-28(3)45(69)64-43(29(4)65)51(75)55-25-42(67)59-40(22-32-24-53-26-56-32)50(74)62-38(20-30-11-7-6-8-12-30)49(73)60-35(44(52)68)17-18-76-5/h6-14,23-24,26-29,32,35-40,43,54,65H,15-22,25H2,1-5H3,(H2,52,68)(H,55,75)(H,57,71)(H,58,66)(H,59,67)(H,60,73)(H,61,70)(H,62,74)(H,63,72)(H,64,69). The van der Waals surface area contributed by atoms with Crippen molar-refractivity contribution in [1.29, 1.82) is 0 Å². The molecule has 10 atom stereocenters. The number of aliphatic hydroxyl groups excluding tert-OH is 1. The van der Waals surface area contributed by atoms with Gasteiger partial charge in [0.1, 0.15) is 54.7 Å². The summed E-state index contributed by atoms with van der Waals surface area (Å²) < 4.78 is 0. The average molecular weight is 1070 g/mol. The first-order valence-electron chi connectivity index (χ1n) is 25.0. The van der Waals surface area contributed by atoms with Crippen LogP contribution in [0.25, 0.3) is 10.9 Å². The van der Waals surface area contributed by atoms with E-state index in [1.807, 2.05) is 38.3 Å². The van der Waals surface area contributed by atoms with Crippen LogP contribution in [-0.2, 0) is 60.8 Å². The van der Waals surface area contributed by atoms with E-state index in [-0.39, 0.29) is 56.8 Å². The molecule has 10 unspecified atom stereocenters. The summed E-state index contributed by atoms with van der Waals surface area (Å²) in [4.78, 5) is 145. The number of aliphatic hydroxyl groups is 1. The van der Waals surface area contributed by atoms with Gasteiger partial charge in [-0.1, -0.05) is 62.4 Å². The van der Waals surface area contributed by atoms with Crippen LogP contribution in [-0.4, -0.2) is 161 Å². The number of aliphatic imine (C=N–C) groups is 2. The Morgan fingerprint density at radius 3 is 2.03 bits per heavy atom. The number of thioether (sulfide) groups is 1. The molecule has 3 heterocycles. The summed E-state index contributed by atoms with van der Waals surface area (Å²) in [6.07, 6.45) is 5.42. The van der Waals surface area contributed by atoms with Gasteiger partial charge in [-0.15, -0.1) is 0 Å². The fraction of sp³-hybridized carbons (Fsp3) is 0.490. The second-order valence-corrected chi connectivity index (χ2v) is 20.1. The van der Waals surface area contributed by atoms with E-state index in [0.717, 1.165) is 10.9 Å². The van der Waals surface area contributed by atoms with Crippen LogP contribution >= 0.6 is 11.8 Å². The molecule has 410 valence electrons. The number of nitrogens with zero attached hydrogens (tertiary/aromatic N) is 2. The molecule has 2 aromatic carbocycles. The number of primary amides is 1. The quantitative estimate of drug-likeness (QED) is 0.0370. The van der Waals surface area contributed by atoms with Gasteiger partial charge >= 0.3 is 0 Å². The largest absolute Gasteiger partial charge is 0.391 e. The number of H-pyrrole nitrogens is 1. The molecule has 1 fully saturated rings. The number of aromatic amines is 1. The fourth-order valence-corrected chi connectivity index (χ4v) is 8.87. The highest BCUT2D eigenvalue weighted by Gasteiger charge is 2.36. The van der Waals surface area contributed by atoms with Gasteiger partial charge < -0.3 is 63.7 Å². The van der Waals surface area contributed by atoms with E-state index in [1.54, 1.807) is 42.6 Å². The molecule has 0 radical (unpaired) electrons. The fourth-order valence-electron chi connectivity index (χ4n) is 8.39. The first-order valence-corrected chi connectivity index (χ1v) is 26.4. The molecule has 0 spiro atoms. The van der Waals surface area contributed by atoms with Crippen molar-refractivity contribution in [1.82, 2.24) is 52.8 Å². The summed E-state index contributed by atoms with van der Waals surface area (Å²) in [5, 5.41) is 34.7. The molecular formula is C51H69N13O11S. The van der Waals surface area contributed by atoms with Crippen molar-refractivity contribution in [3.05, 3.63) is 71.9 Å². The minimum absolute atomic E-state index is 0.00688. The maximum absolute atomic E-state index is 14.1. The lowest BCUT2D eigenvalue weighted by atomic mass is 10.00. The molecule has 24 nitrogen and oxygen atoms in total. The minimum atomic E-state index is -1.66. The highest BCUT2D eigenvalue weighted by atomic mass is 32.2. The average Bonchev–Trinajstić information content (AvgIpc) is 4.17. The Morgan fingerprint density at radius 2 is 1.39 bits per heavy atom. The molecular weight excluding hydrogens is 1000 g/mol. The van der Waals surface area contributed by atoms with Crippen LogP contribution in [0, 0.1) is 5.92 Å². The number of para-hydroxylation sites is 1. The van der Waals surface area contributed by atoms with Gasteiger partial charge in [-0.25, -0.2) is 4.99 Å². The maximum atomic E-state index is 14.1. The summed E-state index contributed by atoms with van der Waals surface area (Å²) >= 11 is 1.45. The third kappa shape index (κ3) is 18.0. The zero-order valence-electron chi connectivity index (χ0n) is 43.1. The van der Waals surface area contributed by atoms with Crippen molar-refractivity contribution in [2.75, 3.05) is 18.6 Å². The molecule has 2 aliphatic heterocycles. The number of carbonyl (C=O) groups is 10. The Labute approximate surface area is 443 Å². The van der Waals surface area contributed by atoms with Crippen LogP contribution in [0.3, 0.4) is 0 Å². The lowest BCUT2D eigenvalue weighted by molar-refractivity contribution is -0.136. The number of fused-ring (bicyclic) bond motifs is 1. The third-order valence-corrected chi connectivity index (χ3v) is 13.2. The van der Waals surface area contributed by atoms with Crippen molar-refractivity contribution in [2.24, 2.45) is 21.6 Å². The summed E-state index contributed by atoms with van der Waals surface area (Å²) in [5.41, 5.74) is 7.68. The van der Waals surface area contributed by atoms with E-state index in [2.05, 4.69) is 62.8 Å². The van der Waals surface area contributed by atoms with Gasteiger partial charge in [-0.05, 0) is 68.2 Å². The van der Waals surface area contributed by atoms with Crippen LogP contribution in [0.5, 0.6) is 0 Å². The van der Waals surface area contributed by atoms with E-state index in [9.17, 15) is 53.1 Å². The Hall–Kier alpha value is -7.67. The number of nitrogens with two attached hydrogens (primary N) is 1. The highest BCUT2D eigenvalue weighted by molar-refractivity contribution is 7.98. The maximum Gasteiger partial charge on any atom is 0.245 e. The smallest absolute Gasteiger partial charge is 0.245 e.